The summed E-state index contributed by atoms with van der Waals surface area (Å²) in [4.78, 5) is 7.89. The lowest BCUT2D eigenvalue weighted by Crippen LogP contribution is -2.20. The lowest BCUT2D eigenvalue weighted by Gasteiger charge is -2.08. The summed E-state index contributed by atoms with van der Waals surface area (Å²) in [5, 5.41) is 3.64. The van der Waals surface area contributed by atoms with E-state index in [9.17, 15) is 13.2 Å². The summed E-state index contributed by atoms with van der Waals surface area (Å²) in [7, 11) is 0. The molecule has 0 aliphatic heterocycles. The van der Waals surface area contributed by atoms with Gasteiger partial charge in [-0.15, -0.1) is 11.8 Å². The fraction of sp³-hybridized carbons (Fsp3) is 0.556. The first kappa shape index (κ1) is 14.0. The summed E-state index contributed by atoms with van der Waals surface area (Å²) in [6.45, 7) is -0.993. The smallest absolute Gasteiger partial charge is 0.370 e. The molecule has 0 unspecified atom stereocenters. The summed E-state index contributed by atoms with van der Waals surface area (Å²) >= 11 is 1.46. The standard InChI is InChI=1S/C9H12F3N3OS/c1-17-8-4-7(14-6-15-8)13-2-3-16-5-9(10,11)12/h4,6H,2-3,5H2,1H3,(H,13,14,15). The zero-order valence-corrected chi connectivity index (χ0v) is 9.94. The highest BCUT2D eigenvalue weighted by atomic mass is 32.2. The highest BCUT2D eigenvalue weighted by Crippen LogP contribution is 2.15. The normalized spacial score (nSPS) is 11.5. The van der Waals surface area contributed by atoms with Gasteiger partial charge in [0.25, 0.3) is 0 Å². The van der Waals surface area contributed by atoms with Gasteiger partial charge in [-0.25, -0.2) is 9.97 Å². The third-order valence-corrected chi connectivity index (χ3v) is 2.31. The van der Waals surface area contributed by atoms with Crippen LogP contribution >= 0.6 is 11.8 Å². The number of anilines is 1. The summed E-state index contributed by atoms with van der Waals surface area (Å²) in [5.74, 6) is 0.569. The Morgan fingerprint density at radius 1 is 1.41 bits per heavy atom. The maximum Gasteiger partial charge on any atom is 0.411 e. The van der Waals surface area contributed by atoms with Crippen molar-refractivity contribution in [3.63, 3.8) is 0 Å². The van der Waals surface area contributed by atoms with Gasteiger partial charge in [0.1, 0.15) is 23.8 Å². The Hall–Kier alpha value is -1.02. The van der Waals surface area contributed by atoms with Crippen LogP contribution < -0.4 is 5.32 Å². The Labute approximate surface area is 101 Å². The molecule has 0 amide bonds. The van der Waals surface area contributed by atoms with Gasteiger partial charge >= 0.3 is 6.18 Å². The molecular weight excluding hydrogens is 255 g/mol. The number of nitrogens with zero attached hydrogens (tertiary/aromatic N) is 2. The first-order valence-electron chi connectivity index (χ1n) is 4.75. The van der Waals surface area contributed by atoms with Gasteiger partial charge < -0.3 is 10.1 Å². The van der Waals surface area contributed by atoms with E-state index in [1.807, 2.05) is 6.26 Å². The van der Waals surface area contributed by atoms with Crippen molar-refractivity contribution in [3.05, 3.63) is 12.4 Å². The van der Waals surface area contributed by atoms with Gasteiger partial charge in [-0.2, -0.15) is 13.2 Å². The molecule has 96 valence electrons. The molecule has 1 heterocycles. The van der Waals surface area contributed by atoms with Crippen LogP contribution in [-0.2, 0) is 4.74 Å². The van der Waals surface area contributed by atoms with Crippen LogP contribution in [0.25, 0.3) is 0 Å². The van der Waals surface area contributed by atoms with Crippen molar-refractivity contribution in [2.24, 2.45) is 0 Å². The molecule has 4 nitrogen and oxygen atoms in total. The summed E-state index contributed by atoms with van der Waals surface area (Å²) in [5.41, 5.74) is 0. The van der Waals surface area contributed by atoms with Crippen molar-refractivity contribution in [1.29, 1.82) is 0 Å². The monoisotopic (exact) mass is 267 g/mol. The summed E-state index contributed by atoms with van der Waals surface area (Å²) in [6.07, 6.45) is -1.01. The largest absolute Gasteiger partial charge is 0.411 e. The van der Waals surface area contributed by atoms with E-state index in [1.54, 1.807) is 6.07 Å². The van der Waals surface area contributed by atoms with Gasteiger partial charge in [0.05, 0.1) is 6.61 Å². The molecule has 0 saturated heterocycles. The maximum absolute atomic E-state index is 11.7. The number of nitrogens with one attached hydrogen (secondary N) is 1. The second kappa shape index (κ2) is 6.65. The molecular formula is C9H12F3N3OS. The molecule has 0 radical (unpaired) electrons. The van der Waals surface area contributed by atoms with Crippen molar-refractivity contribution in [2.75, 3.05) is 31.3 Å². The van der Waals surface area contributed by atoms with E-state index in [-0.39, 0.29) is 13.2 Å². The van der Waals surface area contributed by atoms with Crippen LogP contribution in [-0.4, -0.2) is 42.2 Å². The molecule has 0 aromatic carbocycles. The van der Waals surface area contributed by atoms with Crippen LogP contribution in [0.1, 0.15) is 0 Å². The first-order valence-corrected chi connectivity index (χ1v) is 5.98. The van der Waals surface area contributed by atoms with Crippen molar-refractivity contribution in [3.8, 4) is 0 Å². The minimum Gasteiger partial charge on any atom is -0.370 e. The van der Waals surface area contributed by atoms with E-state index < -0.39 is 12.8 Å². The average molecular weight is 267 g/mol. The van der Waals surface area contributed by atoms with Crippen LogP contribution in [0, 0.1) is 0 Å². The molecule has 0 bridgehead atoms. The molecule has 0 spiro atoms. The molecule has 1 rings (SSSR count). The van der Waals surface area contributed by atoms with E-state index in [0.717, 1.165) is 5.03 Å². The molecule has 1 aromatic heterocycles. The molecule has 17 heavy (non-hydrogen) atoms. The number of halogens is 3. The van der Waals surface area contributed by atoms with Crippen LogP contribution in [0.2, 0.25) is 0 Å². The SMILES string of the molecule is CSc1cc(NCCOCC(F)(F)F)ncn1. The van der Waals surface area contributed by atoms with Crippen molar-refractivity contribution in [1.82, 2.24) is 9.97 Å². The predicted molar refractivity (Wildman–Crippen MR) is 59.2 cm³/mol. The van der Waals surface area contributed by atoms with Gasteiger partial charge in [0.2, 0.25) is 0 Å². The number of alkyl halides is 3. The van der Waals surface area contributed by atoms with Crippen LogP contribution in [0.4, 0.5) is 19.0 Å². The maximum atomic E-state index is 11.7. The summed E-state index contributed by atoms with van der Waals surface area (Å²) < 4.78 is 39.6. The fourth-order valence-electron chi connectivity index (χ4n) is 0.987. The molecule has 1 N–H and O–H groups in total. The summed E-state index contributed by atoms with van der Waals surface area (Å²) in [6, 6.07) is 1.72. The lowest BCUT2D eigenvalue weighted by molar-refractivity contribution is -0.172. The Kier molecular flexibility index (Phi) is 5.49. The van der Waals surface area contributed by atoms with E-state index in [4.69, 9.17) is 0 Å². The van der Waals surface area contributed by atoms with Crippen molar-refractivity contribution >= 4 is 17.6 Å². The zero-order chi connectivity index (χ0) is 12.7. The quantitative estimate of drug-likeness (QED) is 0.486. The van der Waals surface area contributed by atoms with Gasteiger partial charge in [-0.3, -0.25) is 0 Å². The van der Waals surface area contributed by atoms with Gasteiger partial charge in [-0.05, 0) is 6.26 Å². The highest BCUT2D eigenvalue weighted by Gasteiger charge is 2.27. The molecule has 8 heteroatoms. The topological polar surface area (TPSA) is 47.0 Å². The molecule has 1 aromatic rings. The average Bonchev–Trinajstić information content (AvgIpc) is 2.27. The second-order valence-electron chi connectivity index (χ2n) is 3.04. The zero-order valence-electron chi connectivity index (χ0n) is 9.12. The van der Waals surface area contributed by atoms with E-state index in [1.165, 1.54) is 18.1 Å². The van der Waals surface area contributed by atoms with E-state index in [0.29, 0.717) is 5.82 Å². The third-order valence-electron chi connectivity index (χ3n) is 1.67. The number of hydrogen-bond acceptors (Lipinski definition) is 5. The minimum atomic E-state index is -4.28. The van der Waals surface area contributed by atoms with Crippen molar-refractivity contribution < 1.29 is 17.9 Å². The lowest BCUT2D eigenvalue weighted by atomic mass is 10.5. The second-order valence-corrected chi connectivity index (χ2v) is 3.87. The molecule has 0 aliphatic carbocycles. The van der Waals surface area contributed by atoms with Gasteiger partial charge in [0.15, 0.2) is 0 Å². The Bertz CT molecular complexity index is 349. The molecule has 0 saturated carbocycles. The number of thioether (sulfide) groups is 1. The van der Waals surface area contributed by atoms with Crippen LogP contribution in [0.5, 0.6) is 0 Å². The Morgan fingerprint density at radius 2 is 2.18 bits per heavy atom. The number of ether oxygens (including phenoxy) is 1. The molecule has 0 atom stereocenters. The Morgan fingerprint density at radius 3 is 2.82 bits per heavy atom. The van der Waals surface area contributed by atoms with Gasteiger partial charge in [0, 0.05) is 12.6 Å². The highest BCUT2D eigenvalue weighted by molar-refractivity contribution is 7.98. The first-order chi connectivity index (χ1) is 8.01. The van der Waals surface area contributed by atoms with E-state index >= 15 is 0 Å². The van der Waals surface area contributed by atoms with Gasteiger partial charge in [-0.1, -0.05) is 0 Å². The predicted octanol–water partition coefficient (Wildman–Crippen LogP) is 2.19. The molecule has 0 fully saturated rings. The number of rotatable bonds is 6. The van der Waals surface area contributed by atoms with Crippen molar-refractivity contribution in [2.45, 2.75) is 11.2 Å². The number of aromatic nitrogens is 2. The van der Waals surface area contributed by atoms with Crippen LogP contribution in [0.3, 0.4) is 0 Å². The van der Waals surface area contributed by atoms with Crippen LogP contribution in [0.15, 0.2) is 17.4 Å². The minimum absolute atomic E-state index is 0.0296. The number of hydrogen-bond donors (Lipinski definition) is 1. The Balaban J connectivity index is 2.22. The van der Waals surface area contributed by atoms with E-state index in [2.05, 4.69) is 20.0 Å². The fourth-order valence-corrected chi connectivity index (χ4v) is 1.37. The third kappa shape index (κ3) is 6.32. The molecule has 0 aliphatic rings.